The van der Waals surface area contributed by atoms with Gasteiger partial charge < -0.3 is 5.32 Å². The van der Waals surface area contributed by atoms with Crippen molar-refractivity contribution in [3.05, 3.63) is 50.8 Å². The van der Waals surface area contributed by atoms with Gasteiger partial charge in [0.2, 0.25) is 0 Å². The fraction of sp³-hybridized carbons (Fsp3) is 0.333. The van der Waals surface area contributed by atoms with E-state index < -0.39 is 4.92 Å². The van der Waals surface area contributed by atoms with E-state index in [2.05, 4.69) is 22.2 Å². The summed E-state index contributed by atoms with van der Waals surface area (Å²) in [6, 6.07) is 4.81. The molecule has 6 heteroatoms. The minimum absolute atomic E-state index is 0.0656. The predicted molar refractivity (Wildman–Crippen MR) is 78.8 cm³/mol. The predicted octanol–water partition coefficient (Wildman–Crippen LogP) is 2.53. The molecule has 0 unspecified atom stereocenters. The summed E-state index contributed by atoms with van der Waals surface area (Å²) in [7, 11) is 0. The van der Waals surface area contributed by atoms with E-state index in [4.69, 9.17) is 0 Å². The Balaban J connectivity index is 2.17. The zero-order valence-electron chi connectivity index (χ0n) is 12.0. The van der Waals surface area contributed by atoms with Crippen molar-refractivity contribution < 1.29 is 4.92 Å². The van der Waals surface area contributed by atoms with E-state index in [1.165, 1.54) is 11.6 Å². The van der Waals surface area contributed by atoms with Crippen molar-refractivity contribution in [2.45, 2.75) is 33.4 Å². The summed E-state index contributed by atoms with van der Waals surface area (Å²) in [5.74, 6) is 0.579. The van der Waals surface area contributed by atoms with E-state index >= 15 is 0 Å². The Bertz CT molecular complexity index is 728. The minimum Gasteiger partial charge on any atom is -0.307 e. The number of rotatable bonds is 3. The lowest BCUT2D eigenvalue weighted by Crippen LogP contribution is -2.03. The second-order valence-corrected chi connectivity index (χ2v) is 5.13. The van der Waals surface area contributed by atoms with Gasteiger partial charge >= 0.3 is 0 Å². The molecule has 0 saturated heterocycles. The molecule has 2 aromatic rings. The molecule has 21 heavy (non-hydrogen) atoms. The molecule has 0 aliphatic carbocycles. The number of nitrogens with zero attached hydrogens (tertiary/aromatic N) is 3. The van der Waals surface area contributed by atoms with Gasteiger partial charge in [0.05, 0.1) is 10.6 Å². The number of nitrogens with one attached hydrogen (secondary N) is 1. The van der Waals surface area contributed by atoms with Crippen LogP contribution >= 0.6 is 0 Å². The summed E-state index contributed by atoms with van der Waals surface area (Å²) in [6.45, 7) is 5.50. The fourth-order valence-corrected chi connectivity index (χ4v) is 2.62. The molecule has 3 rings (SSSR count). The van der Waals surface area contributed by atoms with E-state index in [9.17, 15) is 10.1 Å². The van der Waals surface area contributed by atoms with Crippen molar-refractivity contribution in [2.24, 2.45) is 0 Å². The number of nitro benzene ring substituents is 1. The molecule has 0 saturated carbocycles. The van der Waals surface area contributed by atoms with Gasteiger partial charge in [-0.05, 0) is 18.9 Å². The molecule has 1 aromatic heterocycles. The maximum atomic E-state index is 11.0. The first-order chi connectivity index (χ1) is 10.1. The van der Waals surface area contributed by atoms with Crippen molar-refractivity contribution >= 4 is 5.69 Å². The molecular formula is C15H16N4O2. The molecule has 108 valence electrons. The van der Waals surface area contributed by atoms with Crippen LogP contribution in [0.2, 0.25) is 0 Å². The monoisotopic (exact) mass is 284 g/mol. The fourth-order valence-electron chi connectivity index (χ4n) is 2.62. The van der Waals surface area contributed by atoms with Crippen LogP contribution in [0, 0.1) is 17.0 Å². The van der Waals surface area contributed by atoms with Crippen LogP contribution in [0.15, 0.2) is 18.2 Å². The standard InChI is InChI=1S/C15H16N4O2/c1-3-13-12-7-16-8-14(12)18-15(17-13)11-6-10(19(20)21)5-4-9(11)2/h4-6,16H,3,7-8H2,1-2H3. The van der Waals surface area contributed by atoms with Crippen LogP contribution in [-0.2, 0) is 19.5 Å². The molecule has 0 amide bonds. The van der Waals surface area contributed by atoms with Gasteiger partial charge in [-0.25, -0.2) is 9.97 Å². The van der Waals surface area contributed by atoms with Gasteiger partial charge in [-0.15, -0.1) is 0 Å². The third kappa shape index (κ3) is 2.38. The number of benzene rings is 1. The van der Waals surface area contributed by atoms with Crippen molar-refractivity contribution in [2.75, 3.05) is 0 Å². The van der Waals surface area contributed by atoms with E-state index in [0.717, 1.165) is 42.0 Å². The van der Waals surface area contributed by atoms with E-state index in [0.29, 0.717) is 5.82 Å². The highest BCUT2D eigenvalue weighted by atomic mass is 16.6. The first-order valence-electron chi connectivity index (χ1n) is 6.95. The molecule has 6 nitrogen and oxygen atoms in total. The van der Waals surface area contributed by atoms with Crippen molar-refractivity contribution in [3.63, 3.8) is 0 Å². The van der Waals surface area contributed by atoms with Crippen molar-refractivity contribution in [3.8, 4) is 11.4 Å². The summed E-state index contributed by atoms with van der Waals surface area (Å²) >= 11 is 0. The second kappa shape index (κ2) is 5.21. The summed E-state index contributed by atoms with van der Waals surface area (Å²) in [4.78, 5) is 19.8. The largest absolute Gasteiger partial charge is 0.307 e. The highest BCUT2D eigenvalue weighted by Crippen LogP contribution is 2.28. The Hall–Kier alpha value is -2.34. The van der Waals surface area contributed by atoms with Gasteiger partial charge in [-0.1, -0.05) is 13.0 Å². The lowest BCUT2D eigenvalue weighted by Gasteiger charge is -2.10. The van der Waals surface area contributed by atoms with Crippen LogP contribution in [-0.4, -0.2) is 14.9 Å². The Labute approximate surface area is 122 Å². The van der Waals surface area contributed by atoms with Crippen LogP contribution in [0.3, 0.4) is 0 Å². The van der Waals surface area contributed by atoms with Crippen LogP contribution in [0.1, 0.15) is 29.4 Å². The molecule has 1 aliphatic heterocycles. The first-order valence-corrected chi connectivity index (χ1v) is 6.95. The summed E-state index contributed by atoms with van der Waals surface area (Å²) in [5, 5.41) is 14.2. The topological polar surface area (TPSA) is 81.0 Å². The zero-order valence-corrected chi connectivity index (χ0v) is 12.0. The van der Waals surface area contributed by atoms with Crippen molar-refractivity contribution in [1.29, 1.82) is 0 Å². The highest BCUT2D eigenvalue weighted by Gasteiger charge is 2.20. The van der Waals surface area contributed by atoms with Crippen LogP contribution in [0.25, 0.3) is 11.4 Å². The molecule has 1 aliphatic rings. The van der Waals surface area contributed by atoms with E-state index in [-0.39, 0.29) is 5.69 Å². The maximum absolute atomic E-state index is 11.0. The number of fused-ring (bicyclic) bond motifs is 1. The van der Waals surface area contributed by atoms with Crippen LogP contribution in [0.5, 0.6) is 0 Å². The lowest BCUT2D eigenvalue weighted by atomic mass is 10.1. The zero-order chi connectivity index (χ0) is 15.0. The second-order valence-electron chi connectivity index (χ2n) is 5.13. The average molecular weight is 284 g/mol. The third-order valence-electron chi connectivity index (χ3n) is 3.78. The summed E-state index contributed by atoms with van der Waals surface area (Å²) in [5.41, 5.74) is 4.93. The number of hydrogen-bond acceptors (Lipinski definition) is 5. The number of non-ortho nitro benzene ring substituents is 1. The van der Waals surface area contributed by atoms with Crippen molar-refractivity contribution in [1.82, 2.24) is 15.3 Å². The molecule has 1 N–H and O–H groups in total. The van der Waals surface area contributed by atoms with Gasteiger partial charge in [0.15, 0.2) is 5.82 Å². The first kappa shape index (κ1) is 13.6. The van der Waals surface area contributed by atoms with E-state index in [1.54, 1.807) is 12.1 Å². The average Bonchev–Trinajstić information content (AvgIpc) is 2.94. The molecule has 0 radical (unpaired) electrons. The number of nitro groups is 1. The van der Waals surface area contributed by atoms with Gasteiger partial charge in [-0.2, -0.15) is 0 Å². The molecule has 0 bridgehead atoms. The molecular weight excluding hydrogens is 268 g/mol. The number of hydrogen-bond donors (Lipinski definition) is 1. The Kier molecular flexibility index (Phi) is 3.39. The van der Waals surface area contributed by atoms with Gasteiger partial charge in [0.1, 0.15) is 0 Å². The Morgan fingerprint density at radius 2 is 2.14 bits per heavy atom. The molecule has 0 spiro atoms. The Morgan fingerprint density at radius 1 is 1.33 bits per heavy atom. The third-order valence-corrected chi connectivity index (χ3v) is 3.78. The number of aromatic nitrogens is 2. The molecule has 1 aromatic carbocycles. The maximum Gasteiger partial charge on any atom is 0.270 e. The van der Waals surface area contributed by atoms with Crippen LogP contribution < -0.4 is 5.32 Å². The summed E-state index contributed by atoms with van der Waals surface area (Å²) < 4.78 is 0. The molecule has 0 fully saturated rings. The Morgan fingerprint density at radius 3 is 2.86 bits per heavy atom. The quantitative estimate of drug-likeness (QED) is 0.692. The van der Waals surface area contributed by atoms with E-state index in [1.807, 2.05) is 6.92 Å². The van der Waals surface area contributed by atoms with Gasteiger partial charge in [0, 0.05) is 42.0 Å². The highest BCUT2D eigenvalue weighted by molar-refractivity contribution is 5.64. The van der Waals surface area contributed by atoms with Crippen LogP contribution in [0.4, 0.5) is 5.69 Å². The lowest BCUT2D eigenvalue weighted by molar-refractivity contribution is -0.384. The SMILES string of the molecule is CCc1nc(-c2cc([N+](=O)[O-])ccc2C)nc2c1CNC2. The minimum atomic E-state index is -0.390. The summed E-state index contributed by atoms with van der Waals surface area (Å²) in [6.07, 6.45) is 0.827. The normalized spacial score (nSPS) is 13.2. The molecule has 0 atom stereocenters. The molecule has 2 heterocycles. The van der Waals surface area contributed by atoms with Gasteiger partial charge in [0.25, 0.3) is 5.69 Å². The smallest absolute Gasteiger partial charge is 0.270 e. The van der Waals surface area contributed by atoms with Gasteiger partial charge in [-0.3, -0.25) is 10.1 Å². The number of aryl methyl sites for hydroxylation is 2.